The van der Waals surface area contributed by atoms with Gasteiger partial charge in [-0.2, -0.15) is 0 Å². The summed E-state index contributed by atoms with van der Waals surface area (Å²) in [6, 6.07) is 7.28. The summed E-state index contributed by atoms with van der Waals surface area (Å²) in [7, 11) is 0. The highest BCUT2D eigenvalue weighted by Crippen LogP contribution is 2.27. The van der Waals surface area contributed by atoms with Crippen molar-refractivity contribution in [3.05, 3.63) is 34.9 Å². The number of hydrogen-bond donors (Lipinski definition) is 1. The van der Waals surface area contributed by atoms with Crippen LogP contribution in [0.3, 0.4) is 0 Å². The molecule has 1 nitrogen and oxygen atoms in total. The van der Waals surface area contributed by atoms with Crippen molar-refractivity contribution < 1.29 is 0 Å². The van der Waals surface area contributed by atoms with Crippen LogP contribution in [0.5, 0.6) is 0 Å². The van der Waals surface area contributed by atoms with Crippen molar-refractivity contribution in [2.75, 3.05) is 0 Å². The van der Waals surface area contributed by atoms with E-state index < -0.39 is 0 Å². The van der Waals surface area contributed by atoms with Crippen LogP contribution in [0, 0.1) is 6.92 Å². The Morgan fingerprint density at radius 2 is 1.89 bits per heavy atom. The molecule has 1 rings (SSSR count). The lowest BCUT2D eigenvalue weighted by Gasteiger charge is -2.22. The van der Waals surface area contributed by atoms with E-state index in [1.54, 1.807) is 0 Å². The topological polar surface area (TPSA) is 26.0 Å². The van der Waals surface area contributed by atoms with Crippen LogP contribution in [0.1, 0.15) is 63.6 Å². The van der Waals surface area contributed by atoms with Crippen LogP contribution in [0.15, 0.2) is 18.2 Å². The predicted octanol–water partition coefficient (Wildman–Crippen LogP) is 4.35. The zero-order chi connectivity index (χ0) is 13.8. The number of nitrogens with two attached hydrogens (primary N) is 1. The van der Waals surface area contributed by atoms with Gasteiger partial charge in [0.2, 0.25) is 0 Å². The van der Waals surface area contributed by atoms with Gasteiger partial charge in [-0.15, -0.1) is 0 Å². The van der Waals surface area contributed by atoms with Crippen molar-refractivity contribution in [3.8, 4) is 0 Å². The normalized spacial score (nSPS) is 13.7. The van der Waals surface area contributed by atoms with Gasteiger partial charge in [-0.3, -0.25) is 0 Å². The molecule has 0 saturated carbocycles. The van der Waals surface area contributed by atoms with Crippen LogP contribution in [0.4, 0.5) is 0 Å². The molecule has 1 unspecified atom stereocenters. The first-order valence-electron chi connectivity index (χ1n) is 7.20. The van der Waals surface area contributed by atoms with Crippen molar-refractivity contribution in [2.45, 2.75) is 71.8 Å². The van der Waals surface area contributed by atoms with Gasteiger partial charge in [-0.05, 0) is 54.7 Å². The predicted molar refractivity (Wildman–Crippen MR) is 81.1 cm³/mol. The van der Waals surface area contributed by atoms with Gasteiger partial charge in [0.05, 0.1) is 0 Å². The molecule has 0 heterocycles. The molecule has 1 aromatic rings. The maximum absolute atomic E-state index is 5.96. The first kappa shape index (κ1) is 15.2. The monoisotopic (exact) mass is 247 g/mol. The van der Waals surface area contributed by atoms with Crippen LogP contribution in [-0.2, 0) is 11.8 Å². The molecule has 18 heavy (non-hydrogen) atoms. The second-order valence-corrected chi connectivity index (χ2v) is 6.46. The van der Waals surface area contributed by atoms with Crippen LogP contribution >= 0.6 is 0 Å². The lowest BCUT2D eigenvalue weighted by molar-refractivity contribution is 0.565. The van der Waals surface area contributed by atoms with E-state index in [0.29, 0.717) is 6.04 Å². The van der Waals surface area contributed by atoms with Gasteiger partial charge in [-0.25, -0.2) is 0 Å². The molecule has 2 N–H and O–H groups in total. The van der Waals surface area contributed by atoms with Crippen molar-refractivity contribution >= 4 is 0 Å². The Morgan fingerprint density at radius 1 is 1.22 bits per heavy atom. The first-order valence-corrected chi connectivity index (χ1v) is 7.20. The van der Waals surface area contributed by atoms with Crippen LogP contribution in [0.25, 0.3) is 0 Å². The van der Waals surface area contributed by atoms with Crippen molar-refractivity contribution in [1.29, 1.82) is 0 Å². The summed E-state index contributed by atoms with van der Waals surface area (Å²) in [4.78, 5) is 0. The number of aryl methyl sites for hydroxylation is 2. The molecule has 1 atom stereocenters. The van der Waals surface area contributed by atoms with Gasteiger partial charge < -0.3 is 5.73 Å². The summed E-state index contributed by atoms with van der Waals surface area (Å²) < 4.78 is 0. The maximum Gasteiger partial charge on any atom is 0.00363 e. The third-order valence-corrected chi connectivity index (χ3v) is 3.67. The molecule has 0 spiro atoms. The molecule has 1 aromatic carbocycles. The Bertz CT molecular complexity index is 374. The molecule has 1 heteroatoms. The quantitative estimate of drug-likeness (QED) is 0.822. The maximum atomic E-state index is 5.96. The number of hydrogen-bond acceptors (Lipinski definition) is 1. The third kappa shape index (κ3) is 4.45. The zero-order valence-corrected chi connectivity index (χ0v) is 12.7. The summed E-state index contributed by atoms with van der Waals surface area (Å²) in [6.45, 7) is 11.2. The Morgan fingerprint density at radius 3 is 2.44 bits per heavy atom. The van der Waals surface area contributed by atoms with Gasteiger partial charge in [0.25, 0.3) is 0 Å². The standard InChI is InChI=1S/C17H29N/c1-6-15(18)9-7-8-14-11-10-13(2)16(12-14)17(3,4)5/h10-12,15H,6-9,18H2,1-5H3. The van der Waals surface area contributed by atoms with E-state index in [-0.39, 0.29) is 5.41 Å². The van der Waals surface area contributed by atoms with E-state index in [2.05, 4.69) is 52.8 Å². The van der Waals surface area contributed by atoms with Crippen LogP contribution in [0.2, 0.25) is 0 Å². The first-order chi connectivity index (χ1) is 8.34. The van der Waals surface area contributed by atoms with Crippen LogP contribution in [-0.4, -0.2) is 6.04 Å². The molecule has 0 aromatic heterocycles. The van der Waals surface area contributed by atoms with Crippen molar-refractivity contribution in [2.24, 2.45) is 5.73 Å². The summed E-state index contributed by atoms with van der Waals surface area (Å²) in [5, 5.41) is 0. The molecular weight excluding hydrogens is 218 g/mol. The average molecular weight is 247 g/mol. The lowest BCUT2D eigenvalue weighted by Crippen LogP contribution is -2.18. The van der Waals surface area contributed by atoms with E-state index >= 15 is 0 Å². The molecular formula is C17H29N. The van der Waals surface area contributed by atoms with Crippen LogP contribution < -0.4 is 5.73 Å². The minimum Gasteiger partial charge on any atom is -0.328 e. The summed E-state index contributed by atoms with van der Waals surface area (Å²) in [6.07, 6.45) is 4.56. The van der Waals surface area contributed by atoms with E-state index in [0.717, 1.165) is 19.3 Å². The molecule has 0 amide bonds. The van der Waals surface area contributed by atoms with Crippen molar-refractivity contribution in [3.63, 3.8) is 0 Å². The second kappa shape index (κ2) is 6.38. The fourth-order valence-corrected chi connectivity index (χ4v) is 2.41. The minimum absolute atomic E-state index is 0.236. The van der Waals surface area contributed by atoms with E-state index in [1.807, 2.05) is 0 Å². The molecule has 0 aliphatic heterocycles. The molecule has 0 aliphatic rings. The molecule has 0 bridgehead atoms. The highest BCUT2D eigenvalue weighted by atomic mass is 14.6. The Kier molecular flexibility index (Phi) is 5.40. The van der Waals surface area contributed by atoms with Gasteiger partial charge in [0.15, 0.2) is 0 Å². The minimum atomic E-state index is 0.236. The van der Waals surface area contributed by atoms with Gasteiger partial charge in [0.1, 0.15) is 0 Å². The van der Waals surface area contributed by atoms with Crippen molar-refractivity contribution in [1.82, 2.24) is 0 Å². The summed E-state index contributed by atoms with van der Waals surface area (Å²) in [5.74, 6) is 0. The van der Waals surface area contributed by atoms with E-state index in [1.165, 1.54) is 23.1 Å². The third-order valence-electron chi connectivity index (χ3n) is 3.67. The molecule has 102 valence electrons. The highest BCUT2D eigenvalue weighted by molar-refractivity contribution is 5.35. The second-order valence-electron chi connectivity index (χ2n) is 6.46. The lowest BCUT2D eigenvalue weighted by atomic mass is 9.83. The van der Waals surface area contributed by atoms with Gasteiger partial charge in [0, 0.05) is 6.04 Å². The smallest absolute Gasteiger partial charge is 0.00363 e. The summed E-state index contributed by atoms with van der Waals surface area (Å²) >= 11 is 0. The zero-order valence-electron chi connectivity index (χ0n) is 12.7. The number of rotatable bonds is 5. The Balaban J connectivity index is 2.68. The largest absolute Gasteiger partial charge is 0.328 e. The SMILES string of the molecule is CCC(N)CCCc1ccc(C)c(C(C)(C)C)c1. The Labute approximate surface area is 113 Å². The highest BCUT2D eigenvalue weighted by Gasteiger charge is 2.16. The fourth-order valence-electron chi connectivity index (χ4n) is 2.41. The average Bonchev–Trinajstić information content (AvgIpc) is 2.29. The number of benzene rings is 1. The van der Waals surface area contributed by atoms with E-state index in [9.17, 15) is 0 Å². The molecule has 0 fully saturated rings. The van der Waals surface area contributed by atoms with Gasteiger partial charge in [-0.1, -0.05) is 45.9 Å². The molecule has 0 aliphatic carbocycles. The Hall–Kier alpha value is -0.820. The molecule has 0 saturated heterocycles. The molecule has 0 radical (unpaired) electrons. The fraction of sp³-hybridized carbons (Fsp3) is 0.647. The van der Waals surface area contributed by atoms with Gasteiger partial charge >= 0.3 is 0 Å². The van der Waals surface area contributed by atoms with E-state index in [4.69, 9.17) is 5.73 Å². The summed E-state index contributed by atoms with van der Waals surface area (Å²) in [5.41, 5.74) is 10.5.